The molecule has 7 nitrogen and oxygen atoms in total. The smallest absolute Gasteiger partial charge is 0.308 e. The Bertz CT molecular complexity index is 595. The number of amides is 1. The fourth-order valence-corrected chi connectivity index (χ4v) is 2.33. The van der Waals surface area contributed by atoms with E-state index in [0.29, 0.717) is 35.6 Å². The minimum Gasteiger partial charge on any atom is -0.426 e. The molecule has 0 saturated carbocycles. The fraction of sp³-hybridized carbons (Fsp3) is 0.438. The lowest BCUT2D eigenvalue weighted by Gasteiger charge is -2.36. The molecule has 1 saturated heterocycles. The van der Waals surface area contributed by atoms with Crippen LogP contribution in [0.5, 0.6) is 5.75 Å². The highest BCUT2D eigenvalue weighted by molar-refractivity contribution is 5.86. The van der Waals surface area contributed by atoms with Crippen molar-refractivity contribution in [3.63, 3.8) is 0 Å². The number of carbonyl (C=O) groups is 2. The van der Waals surface area contributed by atoms with Gasteiger partial charge in [0, 0.05) is 12.5 Å². The lowest BCUT2D eigenvalue weighted by molar-refractivity contribution is -0.909. The van der Waals surface area contributed by atoms with Crippen molar-refractivity contribution in [1.82, 2.24) is 5.43 Å². The zero-order chi connectivity index (χ0) is 16.7. The molecule has 1 aliphatic rings. The van der Waals surface area contributed by atoms with Crippen LogP contribution in [-0.4, -0.2) is 62.5 Å². The van der Waals surface area contributed by atoms with Crippen LogP contribution >= 0.6 is 0 Å². The number of morpholine rings is 1. The van der Waals surface area contributed by atoms with Crippen LogP contribution in [0.1, 0.15) is 12.5 Å². The predicted octanol–water partition coefficient (Wildman–Crippen LogP) is 0.539. The number of esters is 1. The van der Waals surface area contributed by atoms with E-state index in [2.05, 4.69) is 10.5 Å². The average Bonchev–Trinajstić information content (AvgIpc) is 2.48. The summed E-state index contributed by atoms with van der Waals surface area (Å²) in [5.41, 5.74) is 3.14. The van der Waals surface area contributed by atoms with E-state index in [1.54, 1.807) is 24.3 Å². The Morgan fingerprint density at radius 3 is 2.74 bits per heavy atom. The topological polar surface area (TPSA) is 77.0 Å². The molecule has 1 aromatic rings. The predicted molar refractivity (Wildman–Crippen MR) is 85.1 cm³/mol. The summed E-state index contributed by atoms with van der Waals surface area (Å²) < 4.78 is 11.0. The lowest BCUT2D eigenvalue weighted by atomic mass is 10.2. The molecule has 0 aromatic heterocycles. The highest BCUT2D eigenvalue weighted by Crippen LogP contribution is 2.15. The fourth-order valence-electron chi connectivity index (χ4n) is 2.33. The molecule has 0 atom stereocenters. The maximum absolute atomic E-state index is 12.0. The quantitative estimate of drug-likeness (QED) is 0.282. The molecule has 1 heterocycles. The summed E-state index contributed by atoms with van der Waals surface area (Å²) in [7, 11) is 2.03. The number of carbonyl (C=O) groups excluding carboxylic acids is 2. The molecule has 2 rings (SSSR count). The second-order valence-electron chi connectivity index (χ2n) is 5.76. The number of ether oxygens (including phenoxy) is 2. The second-order valence-corrected chi connectivity index (χ2v) is 5.76. The molecule has 0 bridgehead atoms. The van der Waals surface area contributed by atoms with Crippen LogP contribution in [0.15, 0.2) is 29.4 Å². The number of rotatable bonds is 5. The third-order valence-corrected chi connectivity index (χ3v) is 3.64. The van der Waals surface area contributed by atoms with Crippen molar-refractivity contribution in [3.8, 4) is 5.75 Å². The van der Waals surface area contributed by atoms with Crippen LogP contribution in [0.3, 0.4) is 0 Å². The van der Waals surface area contributed by atoms with Crippen LogP contribution in [0.25, 0.3) is 0 Å². The molecule has 1 N–H and O–H groups in total. The van der Waals surface area contributed by atoms with Gasteiger partial charge in [0.2, 0.25) is 0 Å². The van der Waals surface area contributed by atoms with E-state index in [-0.39, 0.29) is 5.91 Å². The molecular weight excluding hydrogens is 298 g/mol. The van der Waals surface area contributed by atoms with Crippen molar-refractivity contribution in [2.45, 2.75) is 6.92 Å². The number of hydrogen-bond acceptors (Lipinski definition) is 5. The van der Waals surface area contributed by atoms with Crippen LogP contribution in [0.2, 0.25) is 0 Å². The Labute approximate surface area is 135 Å². The largest absolute Gasteiger partial charge is 0.426 e. The van der Waals surface area contributed by atoms with E-state index in [9.17, 15) is 9.59 Å². The Hall–Kier alpha value is -2.25. The first-order valence-corrected chi connectivity index (χ1v) is 7.49. The molecule has 0 spiro atoms. The summed E-state index contributed by atoms with van der Waals surface area (Å²) in [4.78, 5) is 23.1. The summed E-state index contributed by atoms with van der Waals surface area (Å²) in [5.74, 6) is -0.152. The molecule has 124 valence electrons. The SMILES string of the molecule is CC(=O)Oc1ccccc1C=NNC(=O)C[N+]1(C)CCOCC1. The van der Waals surface area contributed by atoms with Gasteiger partial charge in [-0.1, -0.05) is 12.1 Å². The minimum atomic E-state index is -0.403. The van der Waals surface area contributed by atoms with Gasteiger partial charge in [0.1, 0.15) is 18.8 Å². The second kappa shape index (κ2) is 7.85. The van der Waals surface area contributed by atoms with E-state index < -0.39 is 5.97 Å². The maximum Gasteiger partial charge on any atom is 0.308 e. The van der Waals surface area contributed by atoms with Gasteiger partial charge in [-0.2, -0.15) is 5.10 Å². The number of quaternary nitrogens is 1. The Kier molecular flexibility index (Phi) is 5.84. The summed E-state index contributed by atoms with van der Waals surface area (Å²) >= 11 is 0. The van der Waals surface area contributed by atoms with E-state index in [4.69, 9.17) is 9.47 Å². The molecule has 1 amide bonds. The summed E-state index contributed by atoms with van der Waals surface area (Å²) in [5, 5.41) is 3.95. The van der Waals surface area contributed by atoms with Crippen molar-refractivity contribution in [1.29, 1.82) is 0 Å². The first-order chi connectivity index (χ1) is 11.0. The van der Waals surface area contributed by atoms with Crippen molar-refractivity contribution >= 4 is 18.1 Å². The third-order valence-electron chi connectivity index (χ3n) is 3.64. The molecule has 23 heavy (non-hydrogen) atoms. The molecule has 7 heteroatoms. The zero-order valence-electron chi connectivity index (χ0n) is 13.4. The van der Waals surface area contributed by atoms with Crippen molar-refractivity contribution in [3.05, 3.63) is 29.8 Å². The zero-order valence-corrected chi connectivity index (χ0v) is 13.4. The van der Waals surface area contributed by atoms with Crippen LogP contribution < -0.4 is 10.2 Å². The number of hydrazone groups is 1. The van der Waals surface area contributed by atoms with Crippen molar-refractivity contribution in [2.75, 3.05) is 39.9 Å². The highest BCUT2D eigenvalue weighted by Gasteiger charge is 2.27. The van der Waals surface area contributed by atoms with Crippen molar-refractivity contribution in [2.24, 2.45) is 5.10 Å². The molecule has 1 aliphatic heterocycles. The van der Waals surface area contributed by atoms with Crippen LogP contribution in [0, 0.1) is 0 Å². The Balaban J connectivity index is 1.91. The number of hydrogen-bond donors (Lipinski definition) is 1. The number of likely N-dealkylation sites (N-methyl/N-ethyl adjacent to an activating group) is 1. The molecule has 0 aliphatic carbocycles. The van der Waals surface area contributed by atoms with Crippen LogP contribution in [-0.2, 0) is 14.3 Å². The molecule has 1 fully saturated rings. The van der Waals surface area contributed by atoms with Gasteiger partial charge in [-0.15, -0.1) is 0 Å². The van der Waals surface area contributed by atoms with Gasteiger partial charge in [-0.3, -0.25) is 9.59 Å². The monoisotopic (exact) mass is 320 g/mol. The van der Waals surface area contributed by atoms with E-state index in [1.807, 2.05) is 7.05 Å². The van der Waals surface area contributed by atoms with Gasteiger partial charge in [0.25, 0.3) is 5.91 Å². The number of nitrogens with zero attached hydrogens (tertiary/aromatic N) is 2. The lowest BCUT2D eigenvalue weighted by Crippen LogP contribution is -2.55. The Morgan fingerprint density at radius 1 is 1.35 bits per heavy atom. The van der Waals surface area contributed by atoms with Crippen LogP contribution in [0.4, 0.5) is 0 Å². The standard InChI is InChI=1S/C16H21N3O4/c1-13(20)23-15-6-4-3-5-14(15)11-17-18-16(21)12-19(2)7-9-22-10-8-19/h3-6,11H,7-10,12H2,1-2H3/p+1. The normalized spacial score (nSPS) is 17.0. The van der Waals surface area contributed by atoms with Crippen molar-refractivity contribution < 1.29 is 23.5 Å². The van der Waals surface area contributed by atoms with Gasteiger partial charge in [0.15, 0.2) is 6.54 Å². The average molecular weight is 320 g/mol. The van der Waals surface area contributed by atoms with E-state index >= 15 is 0 Å². The third kappa shape index (κ3) is 5.46. The molecule has 1 aromatic carbocycles. The summed E-state index contributed by atoms with van der Waals surface area (Å²) in [6, 6.07) is 6.99. The molecular formula is C16H22N3O4+. The van der Waals surface area contributed by atoms with E-state index in [1.165, 1.54) is 13.1 Å². The van der Waals surface area contributed by atoms with Gasteiger partial charge in [-0.05, 0) is 12.1 Å². The molecule has 0 unspecified atom stereocenters. The maximum atomic E-state index is 12.0. The Morgan fingerprint density at radius 2 is 2.04 bits per heavy atom. The number of nitrogens with one attached hydrogen (secondary N) is 1. The summed E-state index contributed by atoms with van der Waals surface area (Å²) in [6.45, 7) is 4.65. The number of benzene rings is 1. The van der Waals surface area contributed by atoms with E-state index in [0.717, 1.165) is 13.1 Å². The first kappa shape index (κ1) is 17.1. The highest BCUT2D eigenvalue weighted by atomic mass is 16.5. The summed E-state index contributed by atoms with van der Waals surface area (Å²) in [6.07, 6.45) is 1.47. The number of para-hydroxylation sites is 1. The van der Waals surface area contributed by atoms with Gasteiger partial charge in [0.05, 0.1) is 26.5 Å². The van der Waals surface area contributed by atoms with Gasteiger partial charge in [-0.25, -0.2) is 5.43 Å². The minimum absolute atomic E-state index is 0.157. The van der Waals surface area contributed by atoms with Gasteiger partial charge >= 0.3 is 5.97 Å². The first-order valence-electron chi connectivity index (χ1n) is 7.49. The molecule has 0 radical (unpaired) electrons. The van der Waals surface area contributed by atoms with Gasteiger partial charge < -0.3 is 14.0 Å².